The van der Waals surface area contributed by atoms with Gasteiger partial charge in [-0.3, -0.25) is 4.79 Å². The molecule has 5 nitrogen and oxygen atoms in total. The molecule has 3 N–H and O–H groups in total. The summed E-state index contributed by atoms with van der Waals surface area (Å²) in [5.41, 5.74) is 6.40. The van der Waals surface area contributed by atoms with Gasteiger partial charge in [0.05, 0.1) is 5.02 Å². The van der Waals surface area contributed by atoms with Gasteiger partial charge < -0.3 is 15.5 Å². The molecular formula is C11H12ClN3O2S. The Morgan fingerprint density at radius 1 is 1.61 bits per heavy atom. The van der Waals surface area contributed by atoms with Crippen LogP contribution in [0, 0.1) is 0 Å². The Balaban J connectivity index is 2.35. The van der Waals surface area contributed by atoms with Crippen molar-refractivity contribution in [1.29, 1.82) is 0 Å². The molecule has 0 unspecified atom stereocenters. The second-order valence-electron chi connectivity index (χ2n) is 3.74. The van der Waals surface area contributed by atoms with E-state index >= 15 is 0 Å². The average molecular weight is 286 g/mol. The van der Waals surface area contributed by atoms with Crippen molar-refractivity contribution in [3.05, 3.63) is 17.2 Å². The van der Waals surface area contributed by atoms with Crippen LogP contribution in [0.3, 0.4) is 0 Å². The number of carbonyl (C=O) groups excluding carboxylic acids is 1. The molecule has 0 bridgehead atoms. The van der Waals surface area contributed by atoms with Crippen LogP contribution in [0.2, 0.25) is 5.02 Å². The predicted octanol–water partition coefficient (Wildman–Crippen LogP) is 2.49. The first-order valence-corrected chi connectivity index (χ1v) is 6.81. The van der Waals surface area contributed by atoms with Crippen LogP contribution in [-0.4, -0.2) is 23.2 Å². The normalized spacial score (nSPS) is 12.6. The van der Waals surface area contributed by atoms with Gasteiger partial charge >= 0.3 is 0 Å². The minimum Gasteiger partial charge on any atom is -0.424 e. The summed E-state index contributed by atoms with van der Waals surface area (Å²) in [7, 11) is 0. The molecule has 2 aromatic rings. The van der Waals surface area contributed by atoms with Gasteiger partial charge in [0.2, 0.25) is 5.91 Å². The molecule has 1 amide bonds. The first-order chi connectivity index (χ1) is 8.51. The fourth-order valence-electron chi connectivity index (χ4n) is 1.40. The lowest BCUT2D eigenvalue weighted by molar-refractivity contribution is -0.118. The molecule has 1 atom stereocenters. The van der Waals surface area contributed by atoms with Crippen molar-refractivity contribution in [2.75, 3.05) is 11.6 Å². The van der Waals surface area contributed by atoms with E-state index in [1.165, 1.54) is 11.8 Å². The molecule has 18 heavy (non-hydrogen) atoms. The standard InChI is InChI=1S/C11H12ClN3O2S/c1-5(10(13)16)14-11-15-7-3-6(12)9(18-2)4-8(7)17-11/h3-5H,1-2H3,(H2,13,16)(H,14,15)/t5-/m0/s1. The molecular weight excluding hydrogens is 274 g/mol. The third kappa shape index (κ3) is 2.54. The maximum absolute atomic E-state index is 10.9. The molecule has 0 saturated heterocycles. The maximum Gasteiger partial charge on any atom is 0.296 e. The van der Waals surface area contributed by atoms with Gasteiger partial charge in [-0.05, 0) is 25.3 Å². The molecule has 0 aliphatic rings. The molecule has 1 aromatic heterocycles. The van der Waals surface area contributed by atoms with Crippen LogP contribution in [0.5, 0.6) is 0 Å². The van der Waals surface area contributed by atoms with E-state index in [0.717, 1.165) is 4.90 Å². The lowest BCUT2D eigenvalue weighted by Gasteiger charge is -2.05. The zero-order valence-electron chi connectivity index (χ0n) is 9.86. The number of aromatic nitrogens is 1. The summed E-state index contributed by atoms with van der Waals surface area (Å²) in [6.45, 7) is 1.64. The lowest BCUT2D eigenvalue weighted by Crippen LogP contribution is -2.32. The Bertz CT molecular complexity index is 599. The van der Waals surface area contributed by atoms with Crippen LogP contribution in [0.25, 0.3) is 11.1 Å². The number of rotatable bonds is 4. The highest BCUT2D eigenvalue weighted by molar-refractivity contribution is 7.98. The smallest absolute Gasteiger partial charge is 0.296 e. The summed E-state index contributed by atoms with van der Waals surface area (Å²) in [4.78, 5) is 16.0. The second kappa shape index (κ2) is 5.07. The minimum absolute atomic E-state index is 0.255. The monoisotopic (exact) mass is 285 g/mol. The Labute approximate surface area is 113 Å². The number of benzene rings is 1. The number of hydrogen-bond acceptors (Lipinski definition) is 5. The number of amides is 1. The highest BCUT2D eigenvalue weighted by atomic mass is 35.5. The molecule has 0 spiro atoms. The van der Waals surface area contributed by atoms with E-state index in [1.54, 1.807) is 13.0 Å². The van der Waals surface area contributed by atoms with Crippen LogP contribution < -0.4 is 11.1 Å². The topological polar surface area (TPSA) is 81.1 Å². The number of oxazole rings is 1. The number of anilines is 1. The molecule has 96 valence electrons. The number of primary amides is 1. The van der Waals surface area contributed by atoms with Crippen molar-refractivity contribution < 1.29 is 9.21 Å². The summed E-state index contributed by atoms with van der Waals surface area (Å²) in [6.07, 6.45) is 1.93. The van der Waals surface area contributed by atoms with Crippen molar-refractivity contribution in [3.8, 4) is 0 Å². The maximum atomic E-state index is 10.9. The molecule has 0 aliphatic heterocycles. The number of carbonyl (C=O) groups is 1. The largest absolute Gasteiger partial charge is 0.424 e. The number of hydrogen-bond donors (Lipinski definition) is 2. The van der Waals surface area contributed by atoms with Gasteiger partial charge in [-0.2, -0.15) is 4.98 Å². The van der Waals surface area contributed by atoms with Gasteiger partial charge in [-0.25, -0.2) is 0 Å². The van der Waals surface area contributed by atoms with Gasteiger partial charge in [0.15, 0.2) is 5.58 Å². The predicted molar refractivity (Wildman–Crippen MR) is 73.1 cm³/mol. The van der Waals surface area contributed by atoms with E-state index in [2.05, 4.69) is 10.3 Å². The molecule has 2 rings (SSSR count). The summed E-state index contributed by atoms with van der Waals surface area (Å²) in [5.74, 6) is -0.472. The summed E-state index contributed by atoms with van der Waals surface area (Å²) in [5, 5.41) is 3.41. The van der Waals surface area contributed by atoms with E-state index in [4.69, 9.17) is 21.8 Å². The van der Waals surface area contributed by atoms with Crippen molar-refractivity contribution in [1.82, 2.24) is 4.98 Å². The van der Waals surface area contributed by atoms with Crippen LogP contribution in [0.1, 0.15) is 6.92 Å². The number of nitrogens with zero attached hydrogens (tertiary/aromatic N) is 1. The lowest BCUT2D eigenvalue weighted by atomic mass is 10.3. The van der Waals surface area contributed by atoms with Crippen LogP contribution in [0.4, 0.5) is 6.01 Å². The first-order valence-electron chi connectivity index (χ1n) is 5.21. The van der Waals surface area contributed by atoms with E-state index in [0.29, 0.717) is 16.1 Å². The summed E-state index contributed by atoms with van der Waals surface area (Å²) < 4.78 is 5.48. The Morgan fingerprint density at radius 3 is 2.94 bits per heavy atom. The number of nitrogens with two attached hydrogens (primary N) is 1. The fraction of sp³-hybridized carbons (Fsp3) is 0.273. The summed E-state index contributed by atoms with van der Waals surface area (Å²) in [6, 6.07) is 3.25. The molecule has 0 aliphatic carbocycles. The highest BCUT2D eigenvalue weighted by Crippen LogP contribution is 2.31. The molecule has 0 radical (unpaired) electrons. The quantitative estimate of drug-likeness (QED) is 0.844. The van der Waals surface area contributed by atoms with Crippen molar-refractivity contribution >= 4 is 46.4 Å². The minimum atomic E-state index is -0.548. The number of nitrogens with one attached hydrogen (secondary N) is 1. The van der Waals surface area contributed by atoms with Crippen molar-refractivity contribution in [2.24, 2.45) is 5.73 Å². The van der Waals surface area contributed by atoms with Crippen LogP contribution >= 0.6 is 23.4 Å². The third-order valence-corrected chi connectivity index (χ3v) is 3.63. The molecule has 1 aromatic carbocycles. The number of fused-ring (bicyclic) bond motifs is 1. The number of halogens is 1. The van der Waals surface area contributed by atoms with E-state index in [9.17, 15) is 4.79 Å². The van der Waals surface area contributed by atoms with Crippen molar-refractivity contribution in [2.45, 2.75) is 17.9 Å². The van der Waals surface area contributed by atoms with Crippen LogP contribution in [0.15, 0.2) is 21.4 Å². The van der Waals surface area contributed by atoms with Gasteiger partial charge in [-0.1, -0.05) is 11.6 Å². The Kier molecular flexibility index (Phi) is 3.68. The first kappa shape index (κ1) is 13.0. The highest BCUT2D eigenvalue weighted by Gasteiger charge is 2.14. The van der Waals surface area contributed by atoms with E-state index in [-0.39, 0.29) is 6.01 Å². The Morgan fingerprint density at radius 2 is 2.33 bits per heavy atom. The number of thioether (sulfide) groups is 1. The molecule has 0 saturated carbocycles. The fourth-order valence-corrected chi connectivity index (χ4v) is 2.27. The van der Waals surface area contributed by atoms with Crippen molar-refractivity contribution in [3.63, 3.8) is 0 Å². The summed E-state index contributed by atoms with van der Waals surface area (Å²) >= 11 is 7.60. The van der Waals surface area contributed by atoms with E-state index < -0.39 is 11.9 Å². The van der Waals surface area contributed by atoms with Crippen LogP contribution in [-0.2, 0) is 4.79 Å². The zero-order valence-corrected chi connectivity index (χ0v) is 11.4. The molecule has 0 fully saturated rings. The zero-order chi connectivity index (χ0) is 13.3. The average Bonchev–Trinajstić information content (AvgIpc) is 2.68. The van der Waals surface area contributed by atoms with Gasteiger partial charge in [0.25, 0.3) is 6.01 Å². The molecule has 7 heteroatoms. The van der Waals surface area contributed by atoms with Gasteiger partial charge in [0, 0.05) is 4.90 Å². The Hall–Kier alpha value is -1.40. The second-order valence-corrected chi connectivity index (χ2v) is 5.00. The molecule has 1 heterocycles. The SMILES string of the molecule is CSc1cc2oc(N[C@@H](C)C(N)=O)nc2cc1Cl. The third-order valence-electron chi connectivity index (χ3n) is 2.43. The van der Waals surface area contributed by atoms with E-state index in [1.807, 2.05) is 12.3 Å². The van der Waals surface area contributed by atoms with Gasteiger partial charge in [0.1, 0.15) is 11.6 Å². The van der Waals surface area contributed by atoms with Gasteiger partial charge in [-0.15, -0.1) is 11.8 Å².